The number of nitrogens with zero attached hydrogens (tertiary/aromatic N) is 2. The van der Waals surface area contributed by atoms with Crippen LogP contribution in [0.1, 0.15) is 26.2 Å². The van der Waals surface area contributed by atoms with Crippen LogP contribution in [0.3, 0.4) is 0 Å². The molecule has 0 aliphatic rings. The van der Waals surface area contributed by atoms with Gasteiger partial charge < -0.3 is 15.2 Å². The number of hydrogen-bond acceptors (Lipinski definition) is 5. The molecule has 1 N–H and O–H groups in total. The molecule has 0 unspecified atom stereocenters. The molecule has 0 aliphatic heterocycles. The molecular formula is C14H15BrN3O2-. The minimum Gasteiger partial charge on any atom is -0.548 e. The zero-order chi connectivity index (χ0) is 14.5. The highest BCUT2D eigenvalue weighted by atomic mass is 79.9. The van der Waals surface area contributed by atoms with Crippen LogP contribution in [-0.4, -0.2) is 22.0 Å². The number of aliphatic carboxylic acids is 1. The van der Waals surface area contributed by atoms with E-state index in [9.17, 15) is 9.90 Å². The van der Waals surface area contributed by atoms with Gasteiger partial charge in [0.1, 0.15) is 12.1 Å². The van der Waals surface area contributed by atoms with Crippen LogP contribution in [0.15, 0.2) is 29.0 Å². The van der Waals surface area contributed by atoms with Crippen molar-refractivity contribution in [3.8, 4) is 0 Å². The number of carboxylic acids is 1. The molecule has 0 saturated heterocycles. The van der Waals surface area contributed by atoms with Crippen molar-refractivity contribution >= 4 is 38.6 Å². The van der Waals surface area contributed by atoms with Crippen molar-refractivity contribution in [1.29, 1.82) is 0 Å². The lowest BCUT2D eigenvalue weighted by atomic mass is 10.1. The Bertz CT molecular complexity index is 618. The van der Waals surface area contributed by atoms with E-state index in [0.717, 1.165) is 28.2 Å². The Morgan fingerprint density at radius 1 is 1.45 bits per heavy atom. The van der Waals surface area contributed by atoms with E-state index >= 15 is 0 Å². The summed E-state index contributed by atoms with van der Waals surface area (Å²) in [6, 6.07) is 4.86. The van der Waals surface area contributed by atoms with Gasteiger partial charge in [-0.15, -0.1) is 0 Å². The number of nitrogens with one attached hydrogen (secondary N) is 1. The zero-order valence-electron chi connectivity index (χ0n) is 11.1. The van der Waals surface area contributed by atoms with E-state index in [1.54, 1.807) is 0 Å². The smallest absolute Gasteiger partial charge is 0.137 e. The van der Waals surface area contributed by atoms with E-state index in [2.05, 4.69) is 31.2 Å². The van der Waals surface area contributed by atoms with Gasteiger partial charge in [-0.05, 0) is 24.6 Å². The summed E-state index contributed by atoms with van der Waals surface area (Å²) in [5, 5.41) is 14.9. The molecule has 6 heteroatoms. The molecule has 1 atom stereocenters. The molecule has 1 heterocycles. The van der Waals surface area contributed by atoms with Crippen LogP contribution in [0.4, 0.5) is 5.82 Å². The van der Waals surface area contributed by atoms with Crippen molar-refractivity contribution < 1.29 is 9.90 Å². The first-order valence-electron chi connectivity index (χ1n) is 6.49. The van der Waals surface area contributed by atoms with E-state index in [1.807, 2.05) is 25.1 Å². The molecule has 0 bridgehead atoms. The molecule has 0 amide bonds. The minimum absolute atomic E-state index is 0.512. The predicted octanol–water partition coefficient (Wildman–Crippen LogP) is 2.11. The maximum atomic E-state index is 11.2. The summed E-state index contributed by atoms with van der Waals surface area (Å²) >= 11 is 3.39. The SMILES string of the molecule is CCCC[C@H](Nc1ncnc2ccc(Br)cc12)C(=O)[O-]. The largest absolute Gasteiger partial charge is 0.548 e. The third kappa shape index (κ3) is 3.45. The minimum atomic E-state index is -1.11. The van der Waals surface area contributed by atoms with Gasteiger partial charge in [0.25, 0.3) is 0 Å². The van der Waals surface area contributed by atoms with E-state index in [1.165, 1.54) is 6.33 Å². The molecule has 0 fully saturated rings. The normalized spacial score (nSPS) is 12.3. The Balaban J connectivity index is 2.31. The van der Waals surface area contributed by atoms with Gasteiger partial charge in [0.05, 0.1) is 17.5 Å². The maximum Gasteiger partial charge on any atom is 0.137 e. The summed E-state index contributed by atoms with van der Waals surface area (Å²) in [4.78, 5) is 19.5. The number of anilines is 1. The van der Waals surface area contributed by atoms with Crippen LogP contribution in [0.5, 0.6) is 0 Å². The first-order chi connectivity index (χ1) is 9.61. The summed E-state index contributed by atoms with van der Waals surface area (Å²) in [5.74, 6) is -0.596. The van der Waals surface area contributed by atoms with Gasteiger partial charge in [0.15, 0.2) is 0 Å². The molecule has 5 nitrogen and oxygen atoms in total. The van der Waals surface area contributed by atoms with Crippen LogP contribution < -0.4 is 10.4 Å². The van der Waals surface area contributed by atoms with Crippen molar-refractivity contribution in [2.45, 2.75) is 32.2 Å². The number of benzene rings is 1. The lowest BCUT2D eigenvalue weighted by Gasteiger charge is -2.20. The third-order valence-corrected chi connectivity index (χ3v) is 3.53. The highest BCUT2D eigenvalue weighted by molar-refractivity contribution is 9.10. The van der Waals surface area contributed by atoms with Crippen LogP contribution in [0, 0.1) is 0 Å². The molecule has 0 radical (unpaired) electrons. The number of carbonyl (C=O) groups excluding carboxylic acids is 1. The Morgan fingerprint density at radius 3 is 2.95 bits per heavy atom. The second kappa shape index (κ2) is 6.65. The van der Waals surface area contributed by atoms with Crippen LogP contribution in [-0.2, 0) is 4.79 Å². The molecule has 1 aromatic carbocycles. The Kier molecular flexibility index (Phi) is 4.89. The zero-order valence-corrected chi connectivity index (χ0v) is 12.7. The number of unbranched alkanes of at least 4 members (excludes halogenated alkanes) is 1. The number of rotatable bonds is 6. The number of fused-ring (bicyclic) bond motifs is 1. The molecular weight excluding hydrogens is 322 g/mol. The lowest BCUT2D eigenvalue weighted by Crippen LogP contribution is -2.41. The van der Waals surface area contributed by atoms with E-state index in [0.29, 0.717) is 12.2 Å². The van der Waals surface area contributed by atoms with Crippen molar-refractivity contribution in [3.05, 3.63) is 29.0 Å². The van der Waals surface area contributed by atoms with Gasteiger partial charge >= 0.3 is 0 Å². The highest BCUT2D eigenvalue weighted by Crippen LogP contribution is 2.24. The quantitative estimate of drug-likeness (QED) is 0.874. The average Bonchev–Trinajstić information content (AvgIpc) is 2.43. The number of aromatic nitrogens is 2. The standard InChI is InChI=1S/C14H16BrN3O2/c1-2-3-4-12(14(19)20)18-13-10-7-9(15)5-6-11(10)16-8-17-13/h5-8,12H,2-4H2,1H3,(H,19,20)(H,16,17,18)/p-1/t12-/m0/s1. The molecule has 0 spiro atoms. The molecule has 0 saturated carbocycles. The van der Waals surface area contributed by atoms with Crippen LogP contribution in [0.2, 0.25) is 0 Å². The predicted molar refractivity (Wildman–Crippen MR) is 79.2 cm³/mol. The molecule has 1 aromatic heterocycles. The molecule has 2 rings (SSSR count). The van der Waals surface area contributed by atoms with E-state index in [4.69, 9.17) is 0 Å². The second-order valence-electron chi connectivity index (χ2n) is 4.54. The third-order valence-electron chi connectivity index (χ3n) is 3.04. The van der Waals surface area contributed by atoms with Crippen LogP contribution in [0.25, 0.3) is 10.9 Å². The molecule has 0 aliphatic carbocycles. The molecule has 20 heavy (non-hydrogen) atoms. The van der Waals surface area contributed by atoms with Gasteiger partial charge in [-0.25, -0.2) is 9.97 Å². The van der Waals surface area contributed by atoms with Crippen molar-refractivity contribution in [1.82, 2.24) is 9.97 Å². The number of carboxylic acid groups (broad SMARTS) is 1. The summed E-state index contributed by atoms with van der Waals surface area (Å²) < 4.78 is 0.890. The molecule has 106 valence electrons. The fourth-order valence-corrected chi connectivity index (χ4v) is 2.33. The monoisotopic (exact) mass is 336 g/mol. The number of halogens is 1. The van der Waals surface area contributed by atoms with Gasteiger partial charge in [-0.2, -0.15) is 0 Å². The summed E-state index contributed by atoms with van der Waals surface area (Å²) in [6.07, 6.45) is 3.68. The summed E-state index contributed by atoms with van der Waals surface area (Å²) in [6.45, 7) is 2.02. The summed E-state index contributed by atoms with van der Waals surface area (Å²) in [7, 11) is 0. The molecule has 2 aromatic rings. The Hall–Kier alpha value is -1.69. The number of hydrogen-bond donors (Lipinski definition) is 1. The topological polar surface area (TPSA) is 77.9 Å². The van der Waals surface area contributed by atoms with Gasteiger partial charge in [-0.3, -0.25) is 0 Å². The fraction of sp³-hybridized carbons (Fsp3) is 0.357. The summed E-state index contributed by atoms with van der Waals surface area (Å²) in [5.41, 5.74) is 0.762. The average molecular weight is 337 g/mol. The van der Waals surface area contributed by atoms with Crippen LogP contribution >= 0.6 is 15.9 Å². The van der Waals surface area contributed by atoms with Crippen molar-refractivity contribution in [2.75, 3.05) is 5.32 Å². The van der Waals surface area contributed by atoms with Crippen molar-refractivity contribution in [3.63, 3.8) is 0 Å². The fourth-order valence-electron chi connectivity index (χ4n) is 1.97. The number of carbonyl (C=O) groups is 1. The van der Waals surface area contributed by atoms with Gasteiger partial charge in [0.2, 0.25) is 0 Å². The Labute approximate surface area is 125 Å². The lowest BCUT2D eigenvalue weighted by molar-refractivity contribution is -0.306. The maximum absolute atomic E-state index is 11.2. The highest BCUT2D eigenvalue weighted by Gasteiger charge is 2.12. The van der Waals surface area contributed by atoms with Crippen molar-refractivity contribution in [2.24, 2.45) is 0 Å². The first kappa shape index (κ1) is 14.7. The van der Waals surface area contributed by atoms with E-state index < -0.39 is 12.0 Å². The first-order valence-corrected chi connectivity index (χ1v) is 7.28. The Morgan fingerprint density at radius 2 is 2.25 bits per heavy atom. The van der Waals surface area contributed by atoms with Gasteiger partial charge in [0, 0.05) is 9.86 Å². The second-order valence-corrected chi connectivity index (χ2v) is 5.46. The van der Waals surface area contributed by atoms with Gasteiger partial charge in [-0.1, -0.05) is 35.7 Å². The van der Waals surface area contributed by atoms with E-state index in [-0.39, 0.29) is 0 Å².